The standard InChI is InChI=1S/C10H20N2O2.ClH/c1-2-3-6-14-8-10(13)12-9-4-5-11-7-9;/h9,11H,2-8H2,1H3,(H,12,13);1H. The highest BCUT2D eigenvalue weighted by molar-refractivity contribution is 5.85. The van der Waals surface area contributed by atoms with Crippen LogP contribution in [0.1, 0.15) is 26.2 Å². The Kier molecular flexibility index (Phi) is 8.76. The highest BCUT2D eigenvalue weighted by Crippen LogP contribution is 1.96. The Bertz CT molecular complexity index is 173. The summed E-state index contributed by atoms with van der Waals surface area (Å²) in [6, 6.07) is 0.303. The summed E-state index contributed by atoms with van der Waals surface area (Å²) < 4.78 is 5.21. The molecule has 0 aromatic heterocycles. The van der Waals surface area contributed by atoms with E-state index < -0.39 is 0 Å². The van der Waals surface area contributed by atoms with Gasteiger partial charge in [0.05, 0.1) is 0 Å². The van der Waals surface area contributed by atoms with Gasteiger partial charge in [-0.05, 0) is 19.4 Å². The summed E-state index contributed by atoms with van der Waals surface area (Å²) in [5, 5.41) is 6.13. The van der Waals surface area contributed by atoms with Gasteiger partial charge in [0.2, 0.25) is 5.91 Å². The molecule has 0 saturated carbocycles. The number of carbonyl (C=O) groups excluding carboxylic acids is 1. The second-order valence-corrected chi connectivity index (χ2v) is 3.66. The zero-order valence-electron chi connectivity index (χ0n) is 9.25. The molecule has 0 spiro atoms. The first-order valence-corrected chi connectivity index (χ1v) is 5.40. The topological polar surface area (TPSA) is 50.4 Å². The quantitative estimate of drug-likeness (QED) is 0.668. The lowest BCUT2D eigenvalue weighted by molar-refractivity contribution is -0.126. The maximum atomic E-state index is 11.3. The SMILES string of the molecule is CCCCOCC(=O)NC1CCNC1.Cl. The average molecular weight is 237 g/mol. The van der Waals surface area contributed by atoms with Crippen LogP contribution in [0.25, 0.3) is 0 Å². The number of hydrogen-bond acceptors (Lipinski definition) is 3. The molecule has 0 aliphatic carbocycles. The minimum atomic E-state index is 0. The van der Waals surface area contributed by atoms with Crippen molar-refractivity contribution in [2.24, 2.45) is 0 Å². The van der Waals surface area contributed by atoms with Gasteiger partial charge in [-0.2, -0.15) is 0 Å². The van der Waals surface area contributed by atoms with Crippen LogP contribution in [0.4, 0.5) is 0 Å². The molecule has 1 saturated heterocycles. The van der Waals surface area contributed by atoms with Crippen molar-refractivity contribution in [3.05, 3.63) is 0 Å². The molecule has 1 fully saturated rings. The van der Waals surface area contributed by atoms with Gasteiger partial charge in [0, 0.05) is 19.2 Å². The van der Waals surface area contributed by atoms with Crippen molar-refractivity contribution >= 4 is 18.3 Å². The van der Waals surface area contributed by atoms with E-state index in [1.807, 2.05) is 0 Å². The number of halogens is 1. The molecule has 2 N–H and O–H groups in total. The Labute approximate surface area is 97.5 Å². The number of ether oxygens (including phenoxy) is 1. The van der Waals surface area contributed by atoms with Gasteiger partial charge in [0.25, 0.3) is 0 Å². The predicted molar refractivity (Wildman–Crippen MR) is 62.4 cm³/mol. The van der Waals surface area contributed by atoms with Crippen LogP contribution in [-0.2, 0) is 9.53 Å². The molecule has 1 atom stereocenters. The summed E-state index contributed by atoms with van der Waals surface area (Å²) >= 11 is 0. The van der Waals surface area contributed by atoms with Gasteiger partial charge in [-0.1, -0.05) is 13.3 Å². The first kappa shape index (κ1) is 14.7. The first-order valence-electron chi connectivity index (χ1n) is 5.40. The number of hydrogen-bond donors (Lipinski definition) is 2. The van der Waals surface area contributed by atoms with Crippen LogP contribution < -0.4 is 10.6 Å². The monoisotopic (exact) mass is 236 g/mol. The van der Waals surface area contributed by atoms with E-state index in [9.17, 15) is 4.79 Å². The fraction of sp³-hybridized carbons (Fsp3) is 0.900. The Morgan fingerprint density at radius 2 is 2.40 bits per heavy atom. The largest absolute Gasteiger partial charge is 0.372 e. The highest BCUT2D eigenvalue weighted by Gasteiger charge is 2.16. The molecule has 1 aliphatic heterocycles. The van der Waals surface area contributed by atoms with Gasteiger partial charge in [-0.15, -0.1) is 12.4 Å². The zero-order chi connectivity index (χ0) is 10.2. The molecule has 1 aliphatic rings. The fourth-order valence-electron chi connectivity index (χ4n) is 1.46. The third kappa shape index (κ3) is 6.71. The Balaban J connectivity index is 0.00000196. The summed E-state index contributed by atoms with van der Waals surface area (Å²) in [6.45, 7) is 4.89. The van der Waals surface area contributed by atoms with Gasteiger partial charge < -0.3 is 15.4 Å². The van der Waals surface area contributed by atoms with Crippen molar-refractivity contribution in [3.63, 3.8) is 0 Å². The predicted octanol–water partition coefficient (Wildman–Crippen LogP) is 0.703. The van der Waals surface area contributed by atoms with E-state index in [1.54, 1.807) is 0 Å². The number of amides is 1. The molecule has 5 heteroatoms. The lowest BCUT2D eigenvalue weighted by Crippen LogP contribution is -2.38. The number of nitrogens with one attached hydrogen (secondary N) is 2. The number of carbonyl (C=O) groups is 1. The minimum Gasteiger partial charge on any atom is -0.372 e. The number of rotatable bonds is 6. The van der Waals surface area contributed by atoms with E-state index in [1.165, 1.54) is 0 Å². The Hall–Kier alpha value is -0.320. The fourth-order valence-corrected chi connectivity index (χ4v) is 1.46. The smallest absolute Gasteiger partial charge is 0.246 e. The van der Waals surface area contributed by atoms with E-state index in [-0.39, 0.29) is 24.9 Å². The van der Waals surface area contributed by atoms with E-state index in [0.29, 0.717) is 12.6 Å². The van der Waals surface area contributed by atoms with Gasteiger partial charge in [-0.25, -0.2) is 0 Å². The Morgan fingerprint density at radius 1 is 1.60 bits per heavy atom. The molecule has 1 unspecified atom stereocenters. The third-order valence-corrected chi connectivity index (χ3v) is 2.30. The first-order chi connectivity index (χ1) is 6.83. The molecule has 4 nitrogen and oxygen atoms in total. The van der Waals surface area contributed by atoms with E-state index in [4.69, 9.17) is 4.74 Å². The van der Waals surface area contributed by atoms with Crippen molar-refractivity contribution in [1.82, 2.24) is 10.6 Å². The maximum Gasteiger partial charge on any atom is 0.246 e. The van der Waals surface area contributed by atoms with Gasteiger partial charge in [0.1, 0.15) is 6.61 Å². The molecule has 1 rings (SSSR count). The Morgan fingerprint density at radius 3 is 3.00 bits per heavy atom. The van der Waals surface area contributed by atoms with Crippen LogP contribution in [0.5, 0.6) is 0 Å². The van der Waals surface area contributed by atoms with Gasteiger partial charge in [0.15, 0.2) is 0 Å². The molecule has 1 heterocycles. The average Bonchev–Trinajstić information content (AvgIpc) is 2.65. The molecule has 0 aromatic rings. The van der Waals surface area contributed by atoms with E-state index in [0.717, 1.165) is 32.4 Å². The summed E-state index contributed by atoms with van der Waals surface area (Å²) in [7, 11) is 0. The van der Waals surface area contributed by atoms with E-state index in [2.05, 4.69) is 17.6 Å². The zero-order valence-corrected chi connectivity index (χ0v) is 10.1. The molecule has 0 radical (unpaired) electrons. The summed E-state index contributed by atoms with van der Waals surface area (Å²) in [5.74, 6) is 0.00908. The number of unbranched alkanes of at least 4 members (excludes halogenated alkanes) is 1. The lowest BCUT2D eigenvalue weighted by Gasteiger charge is -2.11. The second-order valence-electron chi connectivity index (χ2n) is 3.66. The van der Waals surface area contributed by atoms with Crippen molar-refractivity contribution in [3.8, 4) is 0 Å². The third-order valence-electron chi connectivity index (χ3n) is 2.30. The molecular weight excluding hydrogens is 216 g/mol. The van der Waals surface area contributed by atoms with Crippen LogP contribution in [0.2, 0.25) is 0 Å². The van der Waals surface area contributed by atoms with E-state index >= 15 is 0 Å². The van der Waals surface area contributed by atoms with Crippen molar-refractivity contribution in [2.45, 2.75) is 32.2 Å². The normalized spacial score (nSPS) is 19.7. The van der Waals surface area contributed by atoms with Gasteiger partial charge in [-0.3, -0.25) is 4.79 Å². The molecular formula is C10H21ClN2O2. The van der Waals surface area contributed by atoms with Crippen molar-refractivity contribution in [2.75, 3.05) is 26.3 Å². The maximum absolute atomic E-state index is 11.3. The van der Waals surface area contributed by atoms with Crippen LogP contribution in [0.3, 0.4) is 0 Å². The molecule has 90 valence electrons. The van der Waals surface area contributed by atoms with Crippen molar-refractivity contribution < 1.29 is 9.53 Å². The van der Waals surface area contributed by atoms with Crippen LogP contribution in [-0.4, -0.2) is 38.3 Å². The summed E-state index contributed by atoms with van der Waals surface area (Å²) in [5.41, 5.74) is 0. The van der Waals surface area contributed by atoms with Crippen molar-refractivity contribution in [1.29, 1.82) is 0 Å². The molecule has 15 heavy (non-hydrogen) atoms. The molecule has 0 bridgehead atoms. The van der Waals surface area contributed by atoms with Crippen LogP contribution >= 0.6 is 12.4 Å². The molecule has 0 aromatic carbocycles. The van der Waals surface area contributed by atoms with Gasteiger partial charge >= 0.3 is 0 Å². The lowest BCUT2D eigenvalue weighted by atomic mass is 10.2. The van der Waals surface area contributed by atoms with Crippen LogP contribution in [0.15, 0.2) is 0 Å². The minimum absolute atomic E-state index is 0. The second kappa shape index (κ2) is 8.95. The van der Waals surface area contributed by atoms with Crippen LogP contribution in [0, 0.1) is 0 Å². The molecule has 1 amide bonds. The summed E-state index contributed by atoms with van der Waals surface area (Å²) in [6.07, 6.45) is 3.16. The highest BCUT2D eigenvalue weighted by atomic mass is 35.5. The summed E-state index contributed by atoms with van der Waals surface area (Å²) in [4.78, 5) is 11.3.